The molecule has 0 aliphatic rings. The highest BCUT2D eigenvalue weighted by atomic mass is 32.1. The Balaban J connectivity index is 1.90. The van der Waals surface area contributed by atoms with Gasteiger partial charge in [-0.25, -0.2) is 24.7 Å². The van der Waals surface area contributed by atoms with Gasteiger partial charge >= 0.3 is 12.0 Å². The van der Waals surface area contributed by atoms with Crippen LogP contribution in [0.1, 0.15) is 5.69 Å². The molecule has 128 valence electrons. The molecule has 0 bridgehead atoms. The fourth-order valence-electron chi connectivity index (χ4n) is 2.16. The normalized spacial score (nSPS) is 10.5. The third-order valence-corrected chi connectivity index (χ3v) is 4.20. The number of nitrogens with one attached hydrogen (secondary N) is 2. The summed E-state index contributed by atoms with van der Waals surface area (Å²) in [5.74, 6) is 0. The van der Waals surface area contributed by atoms with Crippen LogP contribution in [-0.2, 0) is 0 Å². The van der Waals surface area contributed by atoms with Crippen molar-refractivity contribution >= 4 is 32.8 Å². The van der Waals surface area contributed by atoms with Gasteiger partial charge in [0.1, 0.15) is 10.3 Å². The number of aryl methyl sites for hydroxylation is 1. The summed E-state index contributed by atoms with van der Waals surface area (Å²) in [4.78, 5) is 29.7. The van der Waals surface area contributed by atoms with Crippen LogP contribution in [0.15, 0.2) is 31.1 Å². The maximum Gasteiger partial charge on any atom is 0.321 e. The van der Waals surface area contributed by atoms with Crippen molar-refractivity contribution in [3.63, 3.8) is 0 Å². The lowest BCUT2D eigenvalue weighted by atomic mass is 10.1. The van der Waals surface area contributed by atoms with Crippen LogP contribution in [0.3, 0.4) is 0 Å². The van der Waals surface area contributed by atoms with E-state index in [1.54, 1.807) is 18.5 Å². The van der Waals surface area contributed by atoms with Gasteiger partial charge in [0, 0.05) is 35.8 Å². The second-order valence-electron chi connectivity index (χ2n) is 5.05. The molecule has 3 heterocycles. The molecule has 2 N–H and O–H groups in total. The average molecular weight is 356 g/mol. The second-order valence-corrected chi connectivity index (χ2v) is 6.02. The van der Waals surface area contributed by atoms with E-state index in [9.17, 15) is 4.79 Å². The Morgan fingerprint density at radius 1 is 1.36 bits per heavy atom. The number of hydrogen-bond donors (Lipinski definition) is 2. The van der Waals surface area contributed by atoms with Gasteiger partial charge < -0.3 is 10.1 Å². The van der Waals surface area contributed by atoms with E-state index in [0.29, 0.717) is 23.2 Å². The Morgan fingerprint density at radius 2 is 2.12 bits per heavy atom. The molecule has 2 amide bonds. The first-order chi connectivity index (χ1) is 12.1. The van der Waals surface area contributed by atoms with E-state index in [0.717, 1.165) is 21.7 Å². The molecule has 0 spiro atoms. The number of urea groups is 1. The number of fused-ring (bicyclic) bond motifs is 1. The molecule has 0 saturated heterocycles. The highest BCUT2D eigenvalue weighted by molar-refractivity contribution is 7.21. The first-order valence-corrected chi connectivity index (χ1v) is 8.22. The predicted molar refractivity (Wildman–Crippen MR) is 96.9 cm³/mol. The average Bonchev–Trinajstić information content (AvgIpc) is 3.00. The van der Waals surface area contributed by atoms with E-state index < -0.39 is 0 Å². The molecule has 0 aliphatic carbocycles. The lowest BCUT2D eigenvalue weighted by Gasteiger charge is -2.05. The summed E-state index contributed by atoms with van der Waals surface area (Å²) in [7, 11) is 1.52. The number of aromatic nitrogens is 4. The molecule has 0 aliphatic heterocycles. The van der Waals surface area contributed by atoms with Crippen LogP contribution in [-0.4, -0.2) is 39.6 Å². The molecule has 9 heteroatoms. The summed E-state index contributed by atoms with van der Waals surface area (Å²) in [5, 5.41) is 5.80. The smallest absolute Gasteiger partial charge is 0.321 e. The number of pyridine rings is 1. The van der Waals surface area contributed by atoms with Gasteiger partial charge in [0.05, 0.1) is 7.11 Å². The van der Waals surface area contributed by atoms with Crippen molar-refractivity contribution in [2.45, 2.75) is 6.92 Å². The van der Waals surface area contributed by atoms with Crippen LogP contribution in [0.4, 0.5) is 9.93 Å². The minimum atomic E-state index is -0.334. The number of ether oxygens (including phenoxy) is 1. The number of nitrogens with zero attached hydrogens (tertiary/aromatic N) is 4. The number of anilines is 1. The van der Waals surface area contributed by atoms with Crippen molar-refractivity contribution in [3.8, 4) is 17.1 Å². The molecule has 0 aromatic carbocycles. The standard InChI is InChI=1S/C16H16N6O2S/c1-4-5-17-14(23)22-16-21-12-6-11(9(2)20-13(12)25-16)10-7-18-15(24-3)19-8-10/h4,6-8H,1,5H2,2-3H3,(H2,17,21,22,23). The van der Waals surface area contributed by atoms with Crippen LogP contribution in [0, 0.1) is 6.92 Å². The number of thiazole rings is 1. The van der Waals surface area contributed by atoms with Crippen molar-refractivity contribution in [2.75, 3.05) is 19.0 Å². The lowest BCUT2D eigenvalue weighted by Crippen LogP contribution is -2.28. The van der Waals surface area contributed by atoms with Gasteiger partial charge in [-0.2, -0.15) is 0 Å². The number of hydrogen-bond acceptors (Lipinski definition) is 7. The first-order valence-electron chi connectivity index (χ1n) is 7.41. The fraction of sp³-hybridized carbons (Fsp3) is 0.188. The molecular weight excluding hydrogens is 340 g/mol. The highest BCUT2D eigenvalue weighted by Gasteiger charge is 2.12. The zero-order valence-electron chi connectivity index (χ0n) is 13.7. The largest absolute Gasteiger partial charge is 0.467 e. The van der Waals surface area contributed by atoms with Crippen LogP contribution < -0.4 is 15.4 Å². The summed E-state index contributed by atoms with van der Waals surface area (Å²) >= 11 is 1.31. The number of carbonyl (C=O) groups excluding carboxylic acids is 1. The second kappa shape index (κ2) is 7.22. The van der Waals surface area contributed by atoms with Gasteiger partial charge in [0.2, 0.25) is 0 Å². The van der Waals surface area contributed by atoms with Gasteiger partial charge in [0.15, 0.2) is 5.13 Å². The molecule has 3 aromatic rings. The molecule has 0 atom stereocenters. The zero-order chi connectivity index (χ0) is 17.8. The lowest BCUT2D eigenvalue weighted by molar-refractivity contribution is 0.253. The quantitative estimate of drug-likeness (QED) is 0.682. The Bertz CT molecular complexity index is 922. The maximum absolute atomic E-state index is 11.7. The SMILES string of the molecule is C=CCNC(=O)Nc1nc2cc(-c3cnc(OC)nc3)c(C)nc2s1. The predicted octanol–water partition coefficient (Wildman–Crippen LogP) is 2.77. The number of amides is 2. The molecule has 0 unspecified atom stereocenters. The zero-order valence-corrected chi connectivity index (χ0v) is 14.6. The van der Waals surface area contributed by atoms with Crippen LogP contribution >= 0.6 is 11.3 Å². The minimum absolute atomic E-state index is 0.307. The molecule has 0 fully saturated rings. The van der Waals surface area contributed by atoms with E-state index in [2.05, 4.69) is 37.1 Å². The Hall–Kier alpha value is -3.07. The molecule has 8 nitrogen and oxygen atoms in total. The summed E-state index contributed by atoms with van der Waals surface area (Å²) in [6, 6.07) is 1.88. The summed E-state index contributed by atoms with van der Waals surface area (Å²) < 4.78 is 4.97. The van der Waals surface area contributed by atoms with Crippen LogP contribution in [0.2, 0.25) is 0 Å². The maximum atomic E-state index is 11.7. The molecule has 3 aromatic heterocycles. The third kappa shape index (κ3) is 3.72. The van der Waals surface area contributed by atoms with E-state index in [-0.39, 0.29) is 6.03 Å². The van der Waals surface area contributed by atoms with Crippen molar-refractivity contribution in [3.05, 3.63) is 36.8 Å². The monoisotopic (exact) mass is 356 g/mol. The fourth-order valence-corrected chi connectivity index (χ4v) is 3.03. The van der Waals surface area contributed by atoms with Crippen LogP contribution in [0.25, 0.3) is 21.5 Å². The Morgan fingerprint density at radius 3 is 2.80 bits per heavy atom. The summed E-state index contributed by atoms with van der Waals surface area (Å²) in [6.07, 6.45) is 4.96. The van der Waals surface area contributed by atoms with E-state index in [1.165, 1.54) is 18.4 Å². The van der Waals surface area contributed by atoms with E-state index >= 15 is 0 Å². The van der Waals surface area contributed by atoms with E-state index in [1.807, 2.05) is 13.0 Å². The van der Waals surface area contributed by atoms with Crippen molar-refractivity contribution < 1.29 is 9.53 Å². The summed E-state index contributed by atoms with van der Waals surface area (Å²) in [5.41, 5.74) is 3.22. The number of carbonyl (C=O) groups is 1. The third-order valence-electron chi connectivity index (χ3n) is 3.32. The highest BCUT2D eigenvalue weighted by Crippen LogP contribution is 2.30. The van der Waals surface area contributed by atoms with Gasteiger partial charge in [-0.3, -0.25) is 5.32 Å². The van der Waals surface area contributed by atoms with Gasteiger partial charge in [-0.15, -0.1) is 6.58 Å². The Kier molecular flexibility index (Phi) is 4.85. The van der Waals surface area contributed by atoms with Crippen LogP contribution in [0.5, 0.6) is 6.01 Å². The van der Waals surface area contributed by atoms with Gasteiger partial charge in [-0.05, 0) is 13.0 Å². The first kappa shape index (κ1) is 16.8. The van der Waals surface area contributed by atoms with Crippen molar-refractivity contribution in [1.82, 2.24) is 25.3 Å². The van der Waals surface area contributed by atoms with Crippen molar-refractivity contribution in [1.29, 1.82) is 0 Å². The van der Waals surface area contributed by atoms with Gasteiger partial charge in [-0.1, -0.05) is 17.4 Å². The molecular formula is C16H16N6O2S. The molecule has 3 rings (SSSR count). The molecule has 0 radical (unpaired) electrons. The van der Waals surface area contributed by atoms with Gasteiger partial charge in [0.25, 0.3) is 0 Å². The topological polar surface area (TPSA) is 102 Å². The van der Waals surface area contributed by atoms with E-state index in [4.69, 9.17) is 4.74 Å². The molecule has 25 heavy (non-hydrogen) atoms. The Labute approximate surface area is 148 Å². The summed E-state index contributed by atoms with van der Waals surface area (Å²) in [6.45, 7) is 5.84. The number of rotatable bonds is 5. The minimum Gasteiger partial charge on any atom is -0.467 e. The van der Waals surface area contributed by atoms with Crippen molar-refractivity contribution in [2.24, 2.45) is 0 Å². The number of methoxy groups -OCH3 is 1. The molecule has 0 saturated carbocycles.